The van der Waals surface area contributed by atoms with Gasteiger partial charge in [-0.05, 0) is 22.9 Å². The average molecular weight is 234 g/mol. The maximum atomic E-state index is 11.5. The summed E-state index contributed by atoms with van der Waals surface area (Å²) in [7, 11) is -2.23. The van der Waals surface area contributed by atoms with Gasteiger partial charge in [0, 0.05) is 11.5 Å². The van der Waals surface area contributed by atoms with Crippen LogP contribution in [0.25, 0.3) is 0 Å². The van der Waals surface area contributed by atoms with Crippen LogP contribution in [0.15, 0.2) is 35.2 Å². The fraction of sp³-hybridized carbons (Fsp3) is 0.250. The Hall–Kier alpha value is -0.130. The Balaban J connectivity index is 2.83. The van der Waals surface area contributed by atoms with E-state index in [0.29, 0.717) is 16.4 Å². The zero-order valence-electron chi connectivity index (χ0n) is 6.88. The third-order valence-electron chi connectivity index (χ3n) is 1.36. The molecule has 1 rings (SSSR count). The van der Waals surface area contributed by atoms with Crippen LogP contribution in [0.3, 0.4) is 0 Å². The predicted molar refractivity (Wildman–Crippen MR) is 59.9 cm³/mol. The zero-order valence-corrected chi connectivity index (χ0v) is 9.41. The summed E-state index contributed by atoms with van der Waals surface area (Å²) in [4.78, 5) is 0.363. The molecule has 0 heterocycles. The lowest BCUT2D eigenvalue weighted by atomic mass is 10.4. The number of thiol groups is 1. The molecule has 0 aromatic heterocycles. The van der Waals surface area contributed by atoms with Gasteiger partial charge in [0.05, 0.1) is 4.90 Å². The van der Waals surface area contributed by atoms with Crippen molar-refractivity contribution in [1.29, 1.82) is 0 Å². The van der Waals surface area contributed by atoms with Crippen LogP contribution in [-0.4, -0.2) is 19.9 Å². The lowest BCUT2D eigenvalue weighted by Gasteiger charge is -2.00. The van der Waals surface area contributed by atoms with Gasteiger partial charge < -0.3 is 0 Å². The van der Waals surface area contributed by atoms with Gasteiger partial charge >= 0.3 is 0 Å². The molecule has 0 aliphatic heterocycles. The van der Waals surface area contributed by atoms with Crippen molar-refractivity contribution in [3.05, 3.63) is 30.3 Å². The molecule has 0 radical (unpaired) electrons. The first-order valence-corrected chi connectivity index (χ1v) is 7.34. The summed E-state index contributed by atoms with van der Waals surface area (Å²) in [6.45, 7) is 0. The Morgan fingerprint density at radius 3 is 2.38 bits per heavy atom. The van der Waals surface area contributed by atoms with Crippen LogP contribution in [-0.2, 0) is 8.87 Å². The molecule has 72 valence electrons. The highest BCUT2D eigenvalue weighted by molar-refractivity contribution is 8.72. The first kappa shape index (κ1) is 10.9. The van der Waals surface area contributed by atoms with Gasteiger partial charge in [-0.15, -0.1) is 0 Å². The summed E-state index contributed by atoms with van der Waals surface area (Å²) in [6.07, 6.45) is 0. The number of rotatable bonds is 4. The standard InChI is InChI=1S/C8H10O2S3/c9-13(10,12-7-6-11)8-4-2-1-3-5-8/h1-5,11H,6-7H2. The van der Waals surface area contributed by atoms with Gasteiger partial charge in [0.15, 0.2) is 0 Å². The molecule has 0 aliphatic rings. The Kier molecular flexibility index (Phi) is 4.15. The summed E-state index contributed by atoms with van der Waals surface area (Å²) in [5.74, 6) is 1.08. The van der Waals surface area contributed by atoms with Crippen molar-refractivity contribution in [3.8, 4) is 0 Å². The molecule has 0 saturated carbocycles. The largest absolute Gasteiger partial charge is 0.230 e. The molecular weight excluding hydrogens is 224 g/mol. The Morgan fingerprint density at radius 2 is 1.85 bits per heavy atom. The van der Waals surface area contributed by atoms with Crippen molar-refractivity contribution in [1.82, 2.24) is 0 Å². The van der Waals surface area contributed by atoms with E-state index < -0.39 is 8.87 Å². The Bertz CT molecular complexity index is 345. The van der Waals surface area contributed by atoms with Gasteiger partial charge in [-0.1, -0.05) is 18.2 Å². The van der Waals surface area contributed by atoms with Crippen LogP contribution in [0.1, 0.15) is 0 Å². The van der Waals surface area contributed by atoms with E-state index in [0.717, 1.165) is 10.8 Å². The highest BCUT2D eigenvalue weighted by Crippen LogP contribution is 2.22. The smallest absolute Gasteiger partial charge is 0.212 e. The van der Waals surface area contributed by atoms with E-state index in [1.165, 1.54) is 0 Å². The topological polar surface area (TPSA) is 34.1 Å². The van der Waals surface area contributed by atoms with Crippen molar-refractivity contribution in [2.45, 2.75) is 4.90 Å². The zero-order chi connectivity index (χ0) is 9.73. The fourth-order valence-electron chi connectivity index (χ4n) is 0.802. The first-order valence-electron chi connectivity index (χ1n) is 3.72. The van der Waals surface area contributed by atoms with Gasteiger partial charge in [0.1, 0.15) is 0 Å². The fourth-order valence-corrected chi connectivity index (χ4v) is 4.02. The van der Waals surface area contributed by atoms with Crippen molar-refractivity contribution >= 4 is 32.3 Å². The van der Waals surface area contributed by atoms with E-state index in [4.69, 9.17) is 0 Å². The molecule has 0 fully saturated rings. The van der Waals surface area contributed by atoms with E-state index in [9.17, 15) is 8.42 Å². The van der Waals surface area contributed by atoms with Gasteiger partial charge in [0.2, 0.25) is 8.87 Å². The monoisotopic (exact) mass is 234 g/mol. The van der Waals surface area contributed by atoms with Crippen molar-refractivity contribution < 1.29 is 8.42 Å². The van der Waals surface area contributed by atoms with Crippen LogP contribution >= 0.6 is 23.4 Å². The van der Waals surface area contributed by atoms with Gasteiger partial charge in [-0.25, -0.2) is 8.42 Å². The second-order valence-electron chi connectivity index (χ2n) is 2.31. The molecule has 5 heteroatoms. The third-order valence-corrected chi connectivity index (χ3v) is 5.43. The number of hydrogen-bond acceptors (Lipinski definition) is 4. The molecule has 1 aromatic carbocycles. The lowest BCUT2D eigenvalue weighted by molar-refractivity contribution is 0.610. The lowest BCUT2D eigenvalue weighted by Crippen LogP contribution is -1.96. The van der Waals surface area contributed by atoms with E-state index in [1.807, 2.05) is 0 Å². The number of hydrogen-bond donors (Lipinski definition) is 1. The SMILES string of the molecule is O=S(=O)(SCCS)c1ccccc1. The second-order valence-corrected chi connectivity index (χ2v) is 6.81. The van der Waals surface area contributed by atoms with Crippen molar-refractivity contribution in [3.63, 3.8) is 0 Å². The first-order chi connectivity index (χ1) is 6.17. The van der Waals surface area contributed by atoms with E-state index in [2.05, 4.69) is 12.6 Å². The quantitative estimate of drug-likeness (QED) is 0.639. The minimum absolute atomic E-state index is 0.363. The minimum atomic E-state index is -3.15. The molecule has 13 heavy (non-hydrogen) atoms. The maximum Gasteiger partial charge on any atom is 0.230 e. The normalized spacial score (nSPS) is 11.5. The Labute approximate surface area is 87.5 Å². The number of benzene rings is 1. The molecule has 0 saturated heterocycles. The van der Waals surface area contributed by atoms with Crippen LogP contribution in [0.5, 0.6) is 0 Å². The molecule has 0 spiro atoms. The van der Waals surface area contributed by atoms with Crippen molar-refractivity contribution in [2.75, 3.05) is 11.5 Å². The van der Waals surface area contributed by atoms with E-state index in [-0.39, 0.29) is 0 Å². The van der Waals surface area contributed by atoms with Crippen LogP contribution in [0.4, 0.5) is 0 Å². The third kappa shape index (κ3) is 3.25. The molecule has 0 amide bonds. The molecule has 2 nitrogen and oxygen atoms in total. The van der Waals surface area contributed by atoms with Gasteiger partial charge in [0.25, 0.3) is 0 Å². The van der Waals surface area contributed by atoms with Gasteiger partial charge in [-0.3, -0.25) is 0 Å². The molecule has 1 aromatic rings. The van der Waals surface area contributed by atoms with Gasteiger partial charge in [-0.2, -0.15) is 12.6 Å². The van der Waals surface area contributed by atoms with E-state index >= 15 is 0 Å². The molecule has 0 aliphatic carbocycles. The highest BCUT2D eigenvalue weighted by atomic mass is 33.1. The highest BCUT2D eigenvalue weighted by Gasteiger charge is 2.12. The maximum absolute atomic E-state index is 11.5. The molecule has 0 unspecified atom stereocenters. The second kappa shape index (κ2) is 4.93. The minimum Gasteiger partial charge on any atom is -0.212 e. The summed E-state index contributed by atoms with van der Waals surface area (Å²) >= 11 is 3.96. The molecule has 0 N–H and O–H groups in total. The van der Waals surface area contributed by atoms with Crippen LogP contribution < -0.4 is 0 Å². The summed E-state index contributed by atoms with van der Waals surface area (Å²) < 4.78 is 23.0. The Morgan fingerprint density at radius 1 is 1.23 bits per heavy atom. The summed E-state index contributed by atoms with van der Waals surface area (Å²) in [5.41, 5.74) is 0. The summed E-state index contributed by atoms with van der Waals surface area (Å²) in [6, 6.07) is 8.42. The van der Waals surface area contributed by atoms with Crippen molar-refractivity contribution in [2.24, 2.45) is 0 Å². The predicted octanol–water partition coefficient (Wildman–Crippen LogP) is 2.04. The van der Waals surface area contributed by atoms with Crippen LogP contribution in [0.2, 0.25) is 0 Å². The molecular formula is C8H10O2S3. The van der Waals surface area contributed by atoms with E-state index in [1.54, 1.807) is 30.3 Å². The van der Waals surface area contributed by atoms with Crippen LogP contribution in [0, 0.1) is 0 Å². The molecule has 0 atom stereocenters. The average Bonchev–Trinajstić information content (AvgIpc) is 2.16. The molecule has 0 bridgehead atoms. The summed E-state index contributed by atoms with van der Waals surface area (Å²) in [5, 5.41) is 0.